The van der Waals surface area contributed by atoms with Gasteiger partial charge in [0, 0.05) is 23.8 Å². The monoisotopic (exact) mass is 377 g/mol. The lowest BCUT2D eigenvalue weighted by molar-refractivity contribution is 0.559. The van der Waals surface area contributed by atoms with Gasteiger partial charge in [0.05, 0.1) is 0 Å². The number of benzene rings is 2. The van der Waals surface area contributed by atoms with E-state index in [2.05, 4.69) is 76.0 Å². The second-order valence-electron chi connectivity index (χ2n) is 6.42. The zero-order valence-electron chi connectivity index (χ0n) is 16.0. The van der Waals surface area contributed by atoms with Crippen LogP contribution in [-0.4, -0.2) is 19.7 Å². The summed E-state index contributed by atoms with van der Waals surface area (Å²) in [6.07, 6.45) is 0. The second kappa shape index (κ2) is 9.53. The van der Waals surface area contributed by atoms with Crippen LogP contribution in [0.1, 0.15) is 54.5 Å². The molecule has 2 aromatic rings. The van der Waals surface area contributed by atoms with Crippen LogP contribution in [0, 0.1) is 0 Å². The first-order chi connectivity index (χ1) is 11.7. The average Bonchev–Trinajstić information content (AvgIpc) is 2.75. The molecule has 26 heavy (non-hydrogen) atoms. The first-order valence-corrected chi connectivity index (χ1v) is 9.38. The highest BCUT2D eigenvalue weighted by molar-refractivity contribution is 7.59. The molecule has 0 aromatic heterocycles. The van der Waals surface area contributed by atoms with E-state index < -0.39 is 10.6 Å². The van der Waals surface area contributed by atoms with Gasteiger partial charge in [-0.15, -0.1) is 12.6 Å². The topological polar surface area (TPSA) is 54.5 Å². The van der Waals surface area contributed by atoms with Crippen LogP contribution < -0.4 is 4.90 Å². The van der Waals surface area contributed by atoms with E-state index in [-0.39, 0.29) is 12.8 Å². The maximum absolute atomic E-state index is 8.44. The zero-order valence-corrected chi connectivity index (χ0v) is 16.9. The van der Waals surface area contributed by atoms with Crippen LogP contribution in [0.5, 0.6) is 0 Å². The molecule has 1 heterocycles. The standard InChI is InChI=1S/C18H21N.C2H6.CH4.O3S/c1-12(2)17-18(3,4)16-14-9-7-6-8-13(14)10-11-15(16)19(17)5;1-2;;1-4(2)3/h6-11H,1-5H3;1-2H3;1H4;. The van der Waals surface area contributed by atoms with Crippen molar-refractivity contribution in [3.05, 3.63) is 53.2 Å². The molecule has 0 saturated heterocycles. The molecular formula is C21H31NO3S. The van der Waals surface area contributed by atoms with Gasteiger partial charge in [0.25, 0.3) is 0 Å². The summed E-state index contributed by atoms with van der Waals surface area (Å²) in [7, 11) is -0.926. The van der Waals surface area contributed by atoms with Gasteiger partial charge in [-0.3, -0.25) is 0 Å². The van der Waals surface area contributed by atoms with Crippen molar-refractivity contribution in [3.8, 4) is 0 Å². The summed E-state index contributed by atoms with van der Waals surface area (Å²) >= 11 is 0. The van der Waals surface area contributed by atoms with Crippen molar-refractivity contribution in [1.82, 2.24) is 0 Å². The molecule has 0 unspecified atom stereocenters. The lowest BCUT2D eigenvalue weighted by Gasteiger charge is -2.26. The molecule has 0 N–H and O–H groups in total. The summed E-state index contributed by atoms with van der Waals surface area (Å²) in [6.45, 7) is 13.1. The van der Waals surface area contributed by atoms with E-state index in [1.807, 2.05) is 13.8 Å². The van der Waals surface area contributed by atoms with Crippen molar-refractivity contribution in [2.24, 2.45) is 0 Å². The van der Waals surface area contributed by atoms with Gasteiger partial charge in [0.2, 0.25) is 0 Å². The van der Waals surface area contributed by atoms with E-state index in [0.717, 1.165) is 0 Å². The molecule has 0 saturated carbocycles. The summed E-state index contributed by atoms with van der Waals surface area (Å²) in [6, 6.07) is 13.2. The van der Waals surface area contributed by atoms with Crippen molar-refractivity contribution in [3.63, 3.8) is 0 Å². The Balaban J connectivity index is 0.000000795. The SMILES string of the molecule is C.CC.CC(C)=C1N(C)c2ccc3ccccc3c2C1(C)C.O=S(=O)=O. The fraction of sp³-hybridized carbons (Fsp3) is 0.429. The maximum Gasteiger partial charge on any atom is 0.425 e. The summed E-state index contributed by atoms with van der Waals surface area (Å²) in [4.78, 5) is 2.36. The Morgan fingerprint density at radius 3 is 1.96 bits per heavy atom. The number of fused-ring (bicyclic) bond motifs is 3. The Hall–Kier alpha value is -2.14. The van der Waals surface area contributed by atoms with Gasteiger partial charge in [-0.05, 0) is 36.2 Å². The minimum Gasteiger partial charge on any atom is -0.347 e. The molecule has 0 amide bonds. The number of anilines is 1. The van der Waals surface area contributed by atoms with Crippen LogP contribution in [-0.2, 0) is 16.0 Å². The van der Waals surface area contributed by atoms with Crippen LogP contribution >= 0.6 is 0 Å². The number of likely N-dealkylation sites (N-methyl/N-ethyl adjacent to an activating group) is 1. The fourth-order valence-corrected chi connectivity index (χ4v) is 3.81. The number of allylic oxidation sites excluding steroid dienone is 2. The molecule has 0 spiro atoms. The van der Waals surface area contributed by atoms with Crippen molar-refractivity contribution in [2.75, 3.05) is 11.9 Å². The largest absolute Gasteiger partial charge is 0.425 e. The van der Waals surface area contributed by atoms with Crippen molar-refractivity contribution < 1.29 is 12.6 Å². The smallest absolute Gasteiger partial charge is 0.347 e. The van der Waals surface area contributed by atoms with Crippen LogP contribution in [0.3, 0.4) is 0 Å². The average molecular weight is 378 g/mol. The predicted molar refractivity (Wildman–Crippen MR) is 112 cm³/mol. The Morgan fingerprint density at radius 1 is 0.962 bits per heavy atom. The molecule has 0 radical (unpaired) electrons. The molecule has 1 aliphatic rings. The second-order valence-corrected chi connectivity index (χ2v) is 6.83. The van der Waals surface area contributed by atoms with Gasteiger partial charge in [0.1, 0.15) is 0 Å². The van der Waals surface area contributed by atoms with Crippen LogP contribution in [0.4, 0.5) is 5.69 Å². The van der Waals surface area contributed by atoms with Crippen molar-refractivity contribution in [1.29, 1.82) is 0 Å². The number of hydrogen-bond acceptors (Lipinski definition) is 4. The molecule has 4 nitrogen and oxygen atoms in total. The maximum atomic E-state index is 8.44. The Bertz CT molecular complexity index is 886. The predicted octanol–water partition coefficient (Wildman–Crippen LogP) is 5.52. The third kappa shape index (κ3) is 4.52. The highest BCUT2D eigenvalue weighted by Crippen LogP contribution is 2.50. The summed E-state index contributed by atoms with van der Waals surface area (Å²) in [5.41, 5.74) is 5.71. The van der Waals surface area contributed by atoms with Crippen LogP contribution in [0.2, 0.25) is 0 Å². The van der Waals surface area contributed by atoms with E-state index >= 15 is 0 Å². The minimum absolute atomic E-state index is 0. The van der Waals surface area contributed by atoms with Gasteiger partial charge in [0.15, 0.2) is 0 Å². The van der Waals surface area contributed by atoms with Gasteiger partial charge in [-0.2, -0.15) is 0 Å². The minimum atomic E-state index is -3.11. The van der Waals surface area contributed by atoms with E-state index in [0.29, 0.717) is 0 Å². The summed E-state index contributed by atoms with van der Waals surface area (Å²) in [5.74, 6) is 0. The normalized spacial score (nSPS) is 13.5. The Labute approximate surface area is 159 Å². The Morgan fingerprint density at radius 2 is 1.46 bits per heavy atom. The first kappa shape index (κ1) is 23.9. The fourth-order valence-electron chi connectivity index (χ4n) is 3.81. The molecule has 0 fully saturated rings. The molecular weight excluding hydrogens is 346 g/mol. The first-order valence-electron chi connectivity index (χ1n) is 8.38. The quantitative estimate of drug-likeness (QED) is 0.606. The van der Waals surface area contributed by atoms with Gasteiger partial charge in [-0.1, -0.05) is 71.0 Å². The van der Waals surface area contributed by atoms with Gasteiger partial charge >= 0.3 is 10.6 Å². The molecule has 3 rings (SSSR count). The molecule has 1 aliphatic heterocycles. The van der Waals surface area contributed by atoms with Gasteiger partial charge in [-0.25, -0.2) is 0 Å². The third-order valence-electron chi connectivity index (χ3n) is 4.29. The van der Waals surface area contributed by atoms with E-state index in [4.69, 9.17) is 12.6 Å². The van der Waals surface area contributed by atoms with Crippen molar-refractivity contribution >= 4 is 27.1 Å². The molecule has 0 aliphatic carbocycles. The lowest BCUT2D eigenvalue weighted by Crippen LogP contribution is -2.24. The van der Waals surface area contributed by atoms with E-state index in [1.54, 1.807) is 0 Å². The van der Waals surface area contributed by atoms with Crippen LogP contribution in [0.15, 0.2) is 47.7 Å². The number of nitrogens with zero attached hydrogens (tertiary/aromatic N) is 1. The van der Waals surface area contributed by atoms with E-state index in [1.165, 1.54) is 33.3 Å². The van der Waals surface area contributed by atoms with Crippen molar-refractivity contribution in [2.45, 2.75) is 54.4 Å². The van der Waals surface area contributed by atoms with E-state index in [9.17, 15) is 0 Å². The zero-order chi connectivity index (χ0) is 19.4. The third-order valence-corrected chi connectivity index (χ3v) is 4.29. The highest BCUT2D eigenvalue weighted by Gasteiger charge is 2.40. The lowest BCUT2D eigenvalue weighted by atomic mass is 9.80. The highest BCUT2D eigenvalue weighted by atomic mass is 32.2. The van der Waals surface area contributed by atoms with Crippen LogP contribution in [0.25, 0.3) is 10.8 Å². The van der Waals surface area contributed by atoms with Gasteiger partial charge < -0.3 is 4.90 Å². The number of hydrogen-bond donors (Lipinski definition) is 0. The molecule has 0 atom stereocenters. The molecule has 144 valence electrons. The molecule has 5 heteroatoms. The number of rotatable bonds is 0. The Kier molecular flexibility index (Phi) is 8.74. The summed E-state index contributed by atoms with van der Waals surface area (Å²) in [5, 5.41) is 2.71. The summed E-state index contributed by atoms with van der Waals surface area (Å²) < 4.78 is 25.3. The molecule has 0 bridgehead atoms. The molecule has 2 aromatic carbocycles.